The Labute approximate surface area is 89.3 Å². The van der Waals surface area contributed by atoms with Gasteiger partial charge in [-0.05, 0) is 19.1 Å². The molecule has 0 aliphatic carbocycles. The van der Waals surface area contributed by atoms with Crippen molar-refractivity contribution in [3.05, 3.63) is 24.0 Å². The lowest BCUT2D eigenvalue weighted by atomic mass is 10.1. The molecule has 1 atom stereocenters. The van der Waals surface area contributed by atoms with Crippen LogP contribution in [0.25, 0.3) is 0 Å². The smallest absolute Gasteiger partial charge is 0.223 e. The number of hydrogen-bond donors (Lipinski definition) is 2. The molecular formula is C11H16N2O2. The quantitative estimate of drug-likeness (QED) is 0.793. The number of rotatable bonds is 3. The summed E-state index contributed by atoms with van der Waals surface area (Å²) >= 11 is 0. The minimum absolute atomic E-state index is 0.0486. The molecular weight excluding hydrogens is 192 g/mol. The average Bonchev–Trinajstić information content (AvgIpc) is 2.18. The van der Waals surface area contributed by atoms with Gasteiger partial charge in [0.2, 0.25) is 5.91 Å². The molecule has 1 rings (SSSR count). The van der Waals surface area contributed by atoms with Crippen molar-refractivity contribution in [1.82, 2.24) is 10.3 Å². The lowest BCUT2D eigenvalue weighted by molar-refractivity contribution is -0.124. The van der Waals surface area contributed by atoms with Gasteiger partial charge >= 0.3 is 0 Å². The van der Waals surface area contributed by atoms with Crippen LogP contribution in [0.1, 0.15) is 32.5 Å². The largest absolute Gasteiger partial charge is 0.506 e. The minimum Gasteiger partial charge on any atom is -0.506 e. The Kier molecular flexibility index (Phi) is 3.66. The van der Waals surface area contributed by atoms with Crippen LogP contribution in [0.15, 0.2) is 18.3 Å². The molecule has 82 valence electrons. The van der Waals surface area contributed by atoms with Gasteiger partial charge in [0.15, 0.2) is 0 Å². The van der Waals surface area contributed by atoms with Gasteiger partial charge in [0, 0.05) is 12.1 Å². The van der Waals surface area contributed by atoms with Crippen molar-refractivity contribution >= 4 is 5.91 Å². The number of hydrogen-bond acceptors (Lipinski definition) is 3. The number of pyridine rings is 1. The molecule has 1 amide bonds. The first-order valence-electron chi connectivity index (χ1n) is 4.96. The number of aromatic nitrogens is 1. The van der Waals surface area contributed by atoms with Gasteiger partial charge in [-0.3, -0.25) is 9.78 Å². The second kappa shape index (κ2) is 4.77. The molecule has 1 aromatic rings. The maximum atomic E-state index is 11.4. The van der Waals surface area contributed by atoms with Gasteiger partial charge in [-0.2, -0.15) is 0 Å². The van der Waals surface area contributed by atoms with Crippen molar-refractivity contribution in [2.24, 2.45) is 5.92 Å². The second-order valence-electron chi connectivity index (χ2n) is 3.79. The first-order valence-corrected chi connectivity index (χ1v) is 4.96. The summed E-state index contributed by atoms with van der Waals surface area (Å²) in [7, 11) is 0. The summed E-state index contributed by atoms with van der Waals surface area (Å²) in [4.78, 5) is 15.4. The van der Waals surface area contributed by atoms with E-state index in [1.165, 1.54) is 0 Å². The molecule has 0 bridgehead atoms. The summed E-state index contributed by atoms with van der Waals surface area (Å²) < 4.78 is 0. The SMILES string of the molecule is CC(C)C(=O)NC(C)c1ncccc1O. The Hall–Kier alpha value is -1.58. The molecule has 0 aromatic carbocycles. The van der Waals surface area contributed by atoms with Gasteiger partial charge in [-0.15, -0.1) is 0 Å². The van der Waals surface area contributed by atoms with Crippen molar-refractivity contribution in [3.63, 3.8) is 0 Å². The molecule has 4 heteroatoms. The predicted molar refractivity (Wildman–Crippen MR) is 57.3 cm³/mol. The first kappa shape index (κ1) is 11.5. The number of amides is 1. The second-order valence-corrected chi connectivity index (χ2v) is 3.79. The minimum atomic E-state index is -0.277. The van der Waals surface area contributed by atoms with Crippen molar-refractivity contribution in [1.29, 1.82) is 0 Å². The standard InChI is InChI=1S/C11H16N2O2/c1-7(2)11(15)13-8(3)10-9(14)5-4-6-12-10/h4-8,14H,1-3H3,(H,13,15). The van der Waals surface area contributed by atoms with Crippen molar-refractivity contribution in [2.45, 2.75) is 26.8 Å². The molecule has 15 heavy (non-hydrogen) atoms. The lowest BCUT2D eigenvalue weighted by Gasteiger charge is -2.15. The van der Waals surface area contributed by atoms with Gasteiger partial charge in [0.05, 0.1) is 6.04 Å². The van der Waals surface area contributed by atoms with E-state index in [2.05, 4.69) is 10.3 Å². The Morgan fingerprint density at radius 1 is 1.47 bits per heavy atom. The van der Waals surface area contributed by atoms with Gasteiger partial charge in [-0.1, -0.05) is 13.8 Å². The van der Waals surface area contributed by atoms with E-state index in [1.54, 1.807) is 25.3 Å². The van der Waals surface area contributed by atoms with Crippen molar-refractivity contribution < 1.29 is 9.90 Å². The molecule has 1 unspecified atom stereocenters. The molecule has 0 spiro atoms. The number of aromatic hydroxyl groups is 1. The molecule has 0 radical (unpaired) electrons. The number of carbonyl (C=O) groups excluding carboxylic acids is 1. The van der Waals surface area contributed by atoms with Gasteiger partial charge < -0.3 is 10.4 Å². The summed E-state index contributed by atoms with van der Waals surface area (Å²) in [6, 6.07) is 2.93. The zero-order valence-electron chi connectivity index (χ0n) is 9.19. The fourth-order valence-electron chi connectivity index (χ4n) is 1.19. The van der Waals surface area contributed by atoms with Crippen LogP contribution >= 0.6 is 0 Å². The van der Waals surface area contributed by atoms with E-state index in [4.69, 9.17) is 0 Å². The van der Waals surface area contributed by atoms with E-state index in [9.17, 15) is 9.90 Å². The third kappa shape index (κ3) is 2.94. The topological polar surface area (TPSA) is 62.2 Å². The Morgan fingerprint density at radius 2 is 2.13 bits per heavy atom. The van der Waals surface area contributed by atoms with Crippen LogP contribution < -0.4 is 5.32 Å². The van der Waals surface area contributed by atoms with E-state index in [-0.39, 0.29) is 23.6 Å². The van der Waals surface area contributed by atoms with Crippen molar-refractivity contribution in [2.75, 3.05) is 0 Å². The first-order chi connectivity index (χ1) is 7.02. The highest BCUT2D eigenvalue weighted by Crippen LogP contribution is 2.20. The third-order valence-corrected chi connectivity index (χ3v) is 2.11. The highest BCUT2D eigenvalue weighted by atomic mass is 16.3. The van der Waals surface area contributed by atoms with Gasteiger partial charge in [0.25, 0.3) is 0 Å². The Bertz CT molecular complexity index is 350. The predicted octanol–water partition coefficient (Wildman–Crippen LogP) is 1.62. The highest BCUT2D eigenvalue weighted by molar-refractivity contribution is 5.78. The zero-order chi connectivity index (χ0) is 11.4. The molecule has 0 aliphatic rings. The molecule has 1 heterocycles. The number of nitrogens with one attached hydrogen (secondary N) is 1. The van der Waals surface area contributed by atoms with Crippen LogP contribution in [0.4, 0.5) is 0 Å². The molecule has 0 fully saturated rings. The summed E-state index contributed by atoms with van der Waals surface area (Å²) in [6.07, 6.45) is 1.59. The van der Waals surface area contributed by atoms with Crippen LogP contribution in [-0.4, -0.2) is 16.0 Å². The zero-order valence-corrected chi connectivity index (χ0v) is 9.19. The summed E-state index contributed by atoms with van der Waals surface area (Å²) in [5.41, 5.74) is 0.492. The molecule has 2 N–H and O–H groups in total. The van der Waals surface area contributed by atoms with Crippen molar-refractivity contribution in [3.8, 4) is 5.75 Å². The fourth-order valence-corrected chi connectivity index (χ4v) is 1.19. The molecule has 1 aromatic heterocycles. The fraction of sp³-hybridized carbons (Fsp3) is 0.455. The Balaban J connectivity index is 2.73. The monoisotopic (exact) mass is 208 g/mol. The highest BCUT2D eigenvalue weighted by Gasteiger charge is 2.15. The van der Waals surface area contributed by atoms with E-state index in [1.807, 2.05) is 13.8 Å². The summed E-state index contributed by atoms with van der Waals surface area (Å²) in [6.45, 7) is 5.43. The van der Waals surface area contributed by atoms with Crippen LogP contribution in [-0.2, 0) is 4.79 Å². The molecule has 0 aliphatic heterocycles. The van der Waals surface area contributed by atoms with Crippen LogP contribution in [0.5, 0.6) is 5.75 Å². The summed E-state index contributed by atoms with van der Waals surface area (Å²) in [5.74, 6) is -0.0140. The van der Waals surface area contributed by atoms with Crippen LogP contribution in [0.2, 0.25) is 0 Å². The van der Waals surface area contributed by atoms with Crippen LogP contribution in [0.3, 0.4) is 0 Å². The number of nitrogens with zero attached hydrogens (tertiary/aromatic N) is 1. The summed E-state index contributed by atoms with van der Waals surface area (Å²) in [5, 5.41) is 12.3. The van der Waals surface area contributed by atoms with Crippen LogP contribution in [0, 0.1) is 5.92 Å². The normalized spacial score (nSPS) is 12.5. The van der Waals surface area contributed by atoms with Gasteiger partial charge in [0.1, 0.15) is 11.4 Å². The Morgan fingerprint density at radius 3 is 2.67 bits per heavy atom. The molecule has 4 nitrogen and oxygen atoms in total. The lowest BCUT2D eigenvalue weighted by Crippen LogP contribution is -2.30. The maximum Gasteiger partial charge on any atom is 0.223 e. The van der Waals surface area contributed by atoms with E-state index in [0.29, 0.717) is 5.69 Å². The van der Waals surface area contributed by atoms with E-state index < -0.39 is 0 Å². The average molecular weight is 208 g/mol. The maximum absolute atomic E-state index is 11.4. The molecule has 0 saturated heterocycles. The van der Waals surface area contributed by atoms with Gasteiger partial charge in [-0.25, -0.2) is 0 Å². The van der Waals surface area contributed by atoms with E-state index in [0.717, 1.165) is 0 Å². The van der Waals surface area contributed by atoms with E-state index >= 15 is 0 Å². The number of carbonyl (C=O) groups is 1. The third-order valence-electron chi connectivity index (χ3n) is 2.11. The molecule has 0 saturated carbocycles.